The van der Waals surface area contributed by atoms with E-state index in [0.29, 0.717) is 5.56 Å². The molecular formula is C27H30O13. The Morgan fingerprint density at radius 2 is 1.48 bits per heavy atom. The van der Waals surface area contributed by atoms with Crippen LogP contribution in [-0.4, -0.2) is 104 Å². The quantitative estimate of drug-likeness (QED) is 0.196. The zero-order valence-electron chi connectivity index (χ0n) is 21.2. The molecule has 3 aromatic rings. The highest BCUT2D eigenvalue weighted by Gasteiger charge is 2.47. The van der Waals surface area contributed by atoms with Gasteiger partial charge in [-0.3, -0.25) is 4.79 Å². The van der Waals surface area contributed by atoms with Crippen molar-refractivity contribution < 1.29 is 59.1 Å². The van der Waals surface area contributed by atoms with Crippen molar-refractivity contribution in [3.05, 3.63) is 58.8 Å². The number of phenolic OH excluding ortho intramolecular Hbond substituents is 1. The minimum Gasteiger partial charge on any atom is -0.507 e. The average Bonchev–Trinajstić information content (AvgIpc) is 2.94. The van der Waals surface area contributed by atoms with Gasteiger partial charge in [-0.15, -0.1) is 0 Å². The van der Waals surface area contributed by atoms with Crippen molar-refractivity contribution in [3.8, 4) is 22.8 Å². The van der Waals surface area contributed by atoms with E-state index in [0.717, 1.165) is 6.07 Å². The lowest BCUT2D eigenvalue weighted by atomic mass is 9.98. The Hall–Kier alpha value is -3.11. The lowest BCUT2D eigenvalue weighted by Crippen LogP contribution is -2.61. The van der Waals surface area contributed by atoms with Crippen LogP contribution in [0.4, 0.5) is 0 Å². The van der Waals surface area contributed by atoms with Crippen LogP contribution in [0, 0.1) is 0 Å². The fraction of sp³-hybridized carbons (Fsp3) is 0.444. The minimum absolute atomic E-state index is 0.00887. The Kier molecular flexibility index (Phi) is 8.10. The molecule has 7 N–H and O–H groups in total. The molecule has 0 radical (unpaired) electrons. The summed E-state index contributed by atoms with van der Waals surface area (Å²) in [7, 11) is 0. The third kappa shape index (κ3) is 5.43. The van der Waals surface area contributed by atoms with Gasteiger partial charge in [0.2, 0.25) is 6.29 Å². The van der Waals surface area contributed by atoms with Crippen LogP contribution in [-0.2, 0) is 14.2 Å². The van der Waals surface area contributed by atoms with Crippen LogP contribution in [0.2, 0.25) is 0 Å². The highest BCUT2D eigenvalue weighted by molar-refractivity contribution is 5.86. The van der Waals surface area contributed by atoms with Crippen molar-refractivity contribution in [2.75, 3.05) is 6.61 Å². The topological polar surface area (TPSA) is 209 Å². The van der Waals surface area contributed by atoms with Crippen molar-refractivity contribution in [1.29, 1.82) is 0 Å². The minimum atomic E-state index is -1.74. The molecule has 13 heteroatoms. The number of hydrogen-bond donors (Lipinski definition) is 7. The smallest absolute Gasteiger partial charge is 0.229 e. The van der Waals surface area contributed by atoms with E-state index < -0.39 is 79.2 Å². The van der Waals surface area contributed by atoms with E-state index in [2.05, 4.69) is 0 Å². The zero-order chi connectivity index (χ0) is 28.7. The van der Waals surface area contributed by atoms with Crippen LogP contribution in [0.1, 0.15) is 6.92 Å². The summed E-state index contributed by atoms with van der Waals surface area (Å²) in [5.41, 5.74) is 0.125. The zero-order valence-corrected chi connectivity index (χ0v) is 21.2. The first kappa shape index (κ1) is 28.4. The molecule has 2 aliphatic rings. The summed E-state index contributed by atoms with van der Waals surface area (Å²) in [6.45, 7) is 0.996. The van der Waals surface area contributed by atoms with E-state index in [4.69, 9.17) is 23.4 Å². The van der Waals surface area contributed by atoms with Gasteiger partial charge in [0, 0.05) is 23.8 Å². The van der Waals surface area contributed by atoms with Crippen molar-refractivity contribution in [1.82, 2.24) is 0 Å². The summed E-state index contributed by atoms with van der Waals surface area (Å²) in [6, 6.07) is 12.5. The van der Waals surface area contributed by atoms with Crippen molar-refractivity contribution in [2.45, 2.75) is 68.3 Å². The highest BCUT2D eigenvalue weighted by Crippen LogP contribution is 2.33. The molecule has 13 nitrogen and oxygen atoms in total. The number of rotatable bonds is 6. The number of aromatic hydroxyl groups is 1. The number of benzene rings is 2. The molecule has 2 aliphatic heterocycles. The first-order valence-corrected chi connectivity index (χ1v) is 12.6. The summed E-state index contributed by atoms with van der Waals surface area (Å²) < 4.78 is 28.0. The normalized spacial score (nSPS) is 34.6. The number of fused-ring (bicyclic) bond motifs is 1. The maximum Gasteiger partial charge on any atom is 0.229 e. The van der Waals surface area contributed by atoms with Gasteiger partial charge in [-0.25, -0.2) is 0 Å². The second kappa shape index (κ2) is 11.4. The van der Waals surface area contributed by atoms with Crippen LogP contribution in [0.3, 0.4) is 0 Å². The van der Waals surface area contributed by atoms with Crippen LogP contribution in [0.5, 0.6) is 11.5 Å². The molecule has 0 saturated carbocycles. The summed E-state index contributed by atoms with van der Waals surface area (Å²) in [5.74, 6) is -0.286. The number of aliphatic hydroxyl groups is 6. The molecule has 1 aromatic heterocycles. The number of ether oxygens (including phenoxy) is 4. The standard InChI is InChI=1S/C27H30O13/c1-11-20(30)22(32)24(34)26(37-11)36-10-18-21(31)23(33)25(35)27(40-18)38-13-7-14(28)19-15(29)9-16(39-17(19)8-13)12-5-3-2-4-6-12/h2-9,11,18,20-28,30-35H,10H2,1H3/t11?,18?,20-,21+,22-,23-,24?,25?,26+,27+/m0/s1. The van der Waals surface area contributed by atoms with Crippen LogP contribution >= 0.6 is 0 Å². The summed E-state index contributed by atoms with van der Waals surface area (Å²) in [4.78, 5) is 12.7. The molecule has 5 rings (SSSR count). The monoisotopic (exact) mass is 562 g/mol. The molecule has 2 aromatic carbocycles. The first-order valence-electron chi connectivity index (χ1n) is 12.6. The number of hydrogen-bond acceptors (Lipinski definition) is 13. The Labute approximate surface area is 227 Å². The van der Waals surface area contributed by atoms with E-state index >= 15 is 0 Å². The second-order valence-corrected chi connectivity index (χ2v) is 9.80. The predicted octanol–water partition coefficient (Wildman–Crippen LogP) is -0.804. The third-order valence-corrected chi connectivity index (χ3v) is 7.00. The van der Waals surface area contributed by atoms with Gasteiger partial charge in [0.25, 0.3) is 0 Å². The van der Waals surface area contributed by atoms with Gasteiger partial charge < -0.3 is 59.1 Å². The molecule has 40 heavy (non-hydrogen) atoms. The lowest BCUT2D eigenvalue weighted by molar-refractivity contribution is -0.318. The molecule has 0 aliphatic carbocycles. The Morgan fingerprint density at radius 1 is 0.800 bits per heavy atom. The average molecular weight is 563 g/mol. The molecule has 0 amide bonds. The lowest BCUT2D eigenvalue weighted by Gasteiger charge is -2.42. The maximum atomic E-state index is 12.7. The Morgan fingerprint density at radius 3 is 2.20 bits per heavy atom. The summed E-state index contributed by atoms with van der Waals surface area (Å²) >= 11 is 0. The fourth-order valence-corrected chi connectivity index (χ4v) is 4.68. The first-order chi connectivity index (χ1) is 19.0. The Balaban J connectivity index is 1.35. The summed E-state index contributed by atoms with van der Waals surface area (Å²) in [5, 5.41) is 71.7. The van der Waals surface area contributed by atoms with E-state index in [1.54, 1.807) is 30.3 Å². The third-order valence-electron chi connectivity index (χ3n) is 7.00. The van der Waals surface area contributed by atoms with Gasteiger partial charge in [0.15, 0.2) is 11.7 Å². The molecule has 2 fully saturated rings. The molecular weight excluding hydrogens is 532 g/mol. The van der Waals surface area contributed by atoms with Gasteiger partial charge in [0.1, 0.15) is 71.0 Å². The molecule has 4 unspecified atom stereocenters. The van der Waals surface area contributed by atoms with Crippen LogP contribution in [0.25, 0.3) is 22.3 Å². The largest absolute Gasteiger partial charge is 0.507 e. The van der Waals surface area contributed by atoms with Gasteiger partial charge >= 0.3 is 0 Å². The second-order valence-electron chi connectivity index (χ2n) is 9.80. The molecule has 0 spiro atoms. The van der Waals surface area contributed by atoms with Gasteiger partial charge in [-0.1, -0.05) is 30.3 Å². The molecule has 10 atom stereocenters. The molecule has 2 saturated heterocycles. The van der Waals surface area contributed by atoms with E-state index in [1.165, 1.54) is 19.1 Å². The van der Waals surface area contributed by atoms with Crippen molar-refractivity contribution >= 4 is 11.0 Å². The van der Waals surface area contributed by atoms with E-state index in [-0.39, 0.29) is 22.5 Å². The molecule has 3 heterocycles. The van der Waals surface area contributed by atoms with Gasteiger partial charge in [-0.05, 0) is 6.92 Å². The molecule has 216 valence electrons. The SMILES string of the molecule is CC1O[C@@H](OCC2O[C@@H](Oc3cc(O)c4c(=O)cc(-c5ccccc5)oc4c3)C(O)[C@@H](O)[C@@H]2O)C(O)[C@@H](O)[C@H]1O. The maximum absolute atomic E-state index is 12.7. The van der Waals surface area contributed by atoms with Crippen LogP contribution in [0.15, 0.2) is 57.7 Å². The van der Waals surface area contributed by atoms with Crippen LogP contribution < -0.4 is 10.2 Å². The predicted molar refractivity (Wildman–Crippen MR) is 135 cm³/mol. The highest BCUT2D eigenvalue weighted by atomic mass is 16.7. The van der Waals surface area contributed by atoms with E-state index in [1.807, 2.05) is 0 Å². The summed E-state index contributed by atoms with van der Waals surface area (Å²) in [6.07, 6.45) is -14.7. The Bertz CT molecular complexity index is 1380. The van der Waals surface area contributed by atoms with Crippen molar-refractivity contribution in [3.63, 3.8) is 0 Å². The van der Waals surface area contributed by atoms with E-state index in [9.17, 15) is 40.5 Å². The van der Waals surface area contributed by atoms with Gasteiger partial charge in [0.05, 0.1) is 12.7 Å². The van der Waals surface area contributed by atoms with Crippen molar-refractivity contribution in [2.24, 2.45) is 0 Å². The molecule has 0 bridgehead atoms. The fourth-order valence-electron chi connectivity index (χ4n) is 4.68. The van der Waals surface area contributed by atoms with Gasteiger partial charge in [-0.2, -0.15) is 0 Å². The number of phenols is 1. The number of aliphatic hydroxyl groups excluding tert-OH is 6.